The molecule has 124 valence electrons. The van der Waals surface area contributed by atoms with E-state index in [0.29, 0.717) is 11.0 Å². The monoisotopic (exact) mass is 306 g/mol. The van der Waals surface area contributed by atoms with Crippen molar-refractivity contribution in [3.63, 3.8) is 0 Å². The summed E-state index contributed by atoms with van der Waals surface area (Å²) in [6, 6.07) is 5.49. The number of carbonyl (C=O) groups is 1. The summed E-state index contributed by atoms with van der Waals surface area (Å²) in [6.07, 6.45) is 4.71. The fourth-order valence-corrected chi connectivity index (χ4v) is 2.34. The second kappa shape index (κ2) is 8.79. The molecule has 22 heavy (non-hydrogen) atoms. The minimum Gasteiger partial charge on any atom is -0.496 e. The first-order valence-corrected chi connectivity index (χ1v) is 8.02. The summed E-state index contributed by atoms with van der Waals surface area (Å²) in [7, 11) is 1.61. The summed E-state index contributed by atoms with van der Waals surface area (Å²) in [4.78, 5) is 12.1. The van der Waals surface area contributed by atoms with Gasteiger partial charge < -0.3 is 4.74 Å². The molecular formula is C18H30N2O2. The highest BCUT2D eigenvalue weighted by Gasteiger charge is 2.11. The molecule has 0 atom stereocenters. The number of rotatable bonds is 8. The van der Waals surface area contributed by atoms with Crippen LogP contribution in [0.5, 0.6) is 5.75 Å². The van der Waals surface area contributed by atoms with Gasteiger partial charge in [-0.25, -0.2) is 5.43 Å². The summed E-state index contributed by atoms with van der Waals surface area (Å²) >= 11 is 0. The molecule has 1 rings (SSSR count). The lowest BCUT2D eigenvalue weighted by molar-refractivity contribution is 0.0932. The minimum absolute atomic E-state index is 0.119. The number of nitrogens with one attached hydrogen (secondary N) is 2. The number of amides is 1. The zero-order chi connectivity index (χ0) is 16.6. The van der Waals surface area contributed by atoms with Crippen molar-refractivity contribution < 1.29 is 9.53 Å². The number of hydrogen-bond acceptors (Lipinski definition) is 3. The number of carbonyl (C=O) groups excluding carboxylic acids is 1. The van der Waals surface area contributed by atoms with Gasteiger partial charge in [-0.15, -0.1) is 0 Å². The van der Waals surface area contributed by atoms with Crippen LogP contribution in [0.3, 0.4) is 0 Å². The molecule has 0 heterocycles. The first-order valence-electron chi connectivity index (χ1n) is 8.02. The number of unbranched alkanes of at least 4 members (excludes halogenated alkanes) is 2. The third kappa shape index (κ3) is 6.48. The van der Waals surface area contributed by atoms with Crippen molar-refractivity contribution in [2.24, 2.45) is 5.41 Å². The second-order valence-electron chi connectivity index (χ2n) is 6.89. The van der Waals surface area contributed by atoms with E-state index in [2.05, 4.69) is 31.6 Å². The van der Waals surface area contributed by atoms with Crippen molar-refractivity contribution in [2.75, 3.05) is 13.7 Å². The molecular weight excluding hydrogens is 276 g/mol. The average Bonchev–Trinajstić information content (AvgIpc) is 2.45. The number of ether oxygens (including phenoxy) is 1. The van der Waals surface area contributed by atoms with Gasteiger partial charge in [0.2, 0.25) is 0 Å². The highest BCUT2D eigenvalue weighted by atomic mass is 16.5. The molecule has 0 aliphatic carbocycles. The van der Waals surface area contributed by atoms with Gasteiger partial charge in [0.25, 0.3) is 5.91 Å². The first kappa shape index (κ1) is 18.5. The van der Waals surface area contributed by atoms with Crippen LogP contribution in [-0.2, 0) is 0 Å². The maximum atomic E-state index is 12.1. The van der Waals surface area contributed by atoms with Gasteiger partial charge in [-0.05, 0) is 37.3 Å². The van der Waals surface area contributed by atoms with Gasteiger partial charge >= 0.3 is 0 Å². The van der Waals surface area contributed by atoms with Crippen molar-refractivity contribution in [3.8, 4) is 5.75 Å². The van der Waals surface area contributed by atoms with E-state index < -0.39 is 0 Å². The predicted octanol–water partition coefficient (Wildman–Crippen LogP) is 3.84. The number of hydrogen-bond donors (Lipinski definition) is 2. The highest BCUT2D eigenvalue weighted by Crippen LogP contribution is 2.22. The maximum absolute atomic E-state index is 12.1. The molecule has 0 aliphatic rings. The molecule has 2 N–H and O–H groups in total. The quantitative estimate of drug-likeness (QED) is 0.566. The minimum atomic E-state index is -0.119. The first-order chi connectivity index (χ1) is 10.3. The lowest BCUT2D eigenvalue weighted by Gasteiger charge is -2.17. The van der Waals surface area contributed by atoms with Gasteiger partial charge in [0, 0.05) is 17.7 Å². The Labute approximate surface area is 134 Å². The normalized spacial score (nSPS) is 11.3. The molecule has 4 nitrogen and oxygen atoms in total. The van der Waals surface area contributed by atoms with E-state index in [1.54, 1.807) is 13.2 Å². The van der Waals surface area contributed by atoms with E-state index >= 15 is 0 Å². The smallest absolute Gasteiger partial charge is 0.265 e. The Morgan fingerprint density at radius 2 is 1.91 bits per heavy atom. The number of hydrazine groups is 1. The summed E-state index contributed by atoms with van der Waals surface area (Å²) in [5, 5.41) is 0. The van der Waals surface area contributed by atoms with Crippen LogP contribution in [0.1, 0.15) is 62.4 Å². The molecule has 0 bridgehead atoms. The Kier molecular flexibility index (Phi) is 7.39. The topological polar surface area (TPSA) is 50.4 Å². The van der Waals surface area contributed by atoms with Gasteiger partial charge in [-0.3, -0.25) is 10.2 Å². The number of benzene rings is 1. The summed E-state index contributed by atoms with van der Waals surface area (Å²) < 4.78 is 5.23. The summed E-state index contributed by atoms with van der Waals surface area (Å²) in [5.74, 6) is 0.612. The Bertz CT molecular complexity index is 478. The second-order valence-corrected chi connectivity index (χ2v) is 6.89. The molecule has 1 aromatic rings. The molecule has 0 fully saturated rings. The predicted molar refractivity (Wildman–Crippen MR) is 91.1 cm³/mol. The van der Waals surface area contributed by atoms with Crippen molar-refractivity contribution >= 4 is 5.91 Å². The molecule has 1 aromatic carbocycles. The van der Waals surface area contributed by atoms with Crippen molar-refractivity contribution in [1.29, 1.82) is 0 Å². The van der Waals surface area contributed by atoms with E-state index in [1.807, 2.05) is 19.1 Å². The van der Waals surface area contributed by atoms with Gasteiger partial charge in [0.05, 0.1) is 7.11 Å². The molecule has 0 saturated heterocycles. The van der Waals surface area contributed by atoms with E-state index in [9.17, 15) is 4.79 Å². The van der Waals surface area contributed by atoms with Crippen LogP contribution in [0, 0.1) is 12.3 Å². The lowest BCUT2D eigenvalue weighted by atomic mass is 9.89. The van der Waals surface area contributed by atoms with Crippen LogP contribution < -0.4 is 15.6 Å². The van der Waals surface area contributed by atoms with Gasteiger partial charge in [-0.2, -0.15) is 0 Å². The third-order valence-corrected chi connectivity index (χ3v) is 3.68. The Morgan fingerprint density at radius 1 is 1.18 bits per heavy atom. The molecule has 1 amide bonds. The highest BCUT2D eigenvalue weighted by molar-refractivity contribution is 5.95. The van der Waals surface area contributed by atoms with Crippen LogP contribution in [-0.4, -0.2) is 19.6 Å². The summed E-state index contributed by atoms with van der Waals surface area (Å²) in [5.41, 5.74) is 7.66. The van der Waals surface area contributed by atoms with Gasteiger partial charge in [-0.1, -0.05) is 39.7 Å². The molecule has 0 spiro atoms. The van der Waals surface area contributed by atoms with Crippen LogP contribution in [0.4, 0.5) is 0 Å². The molecule has 0 radical (unpaired) electrons. The van der Waals surface area contributed by atoms with Crippen molar-refractivity contribution in [2.45, 2.75) is 53.4 Å². The largest absolute Gasteiger partial charge is 0.496 e. The maximum Gasteiger partial charge on any atom is 0.265 e. The lowest BCUT2D eigenvalue weighted by Crippen LogP contribution is -2.38. The SMILES string of the molecule is COc1cccc(C(=O)NNCCCCCC(C)(C)C)c1C. The molecule has 4 heteroatoms. The van der Waals surface area contributed by atoms with Gasteiger partial charge in [0.1, 0.15) is 5.75 Å². The molecule has 0 aromatic heterocycles. The molecule has 0 saturated carbocycles. The van der Waals surface area contributed by atoms with Gasteiger partial charge in [0.15, 0.2) is 0 Å². The Balaban J connectivity index is 2.27. The number of methoxy groups -OCH3 is 1. The van der Waals surface area contributed by atoms with E-state index in [0.717, 1.165) is 24.3 Å². The zero-order valence-corrected chi connectivity index (χ0v) is 14.6. The standard InChI is InChI=1S/C18H30N2O2/c1-14-15(10-9-11-16(14)22-5)17(21)20-19-13-8-6-7-12-18(2,3)4/h9-11,19H,6-8,12-13H2,1-5H3,(H,20,21). The molecule has 0 aliphatic heterocycles. The van der Waals surface area contributed by atoms with E-state index in [-0.39, 0.29) is 5.91 Å². The fraction of sp³-hybridized carbons (Fsp3) is 0.611. The Morgan fingerprint density at radius 3 is 2.55 bits per heavy atom. The van der Waals surface area contributed by atoms with Crippen LogP contribution in [0.15, 0.2) is 18.2 Å². The summed E-state index contributed by atoms with van der Waals surface area (Å²) in [6.45, 7) is 9.48. The average molecular weight is 306 g/mol. The van der Waals surface area contributed by atoms with Crippen LogP contribution in [0.2, 0.25) is 0 Å². The zero-order valence-electron chi connectivity index (χ0n) is 14.6. The Hall–Kier alpha value is -1.55. The van der Waals surface area contributed by atoms with Crippen LogP contribution >= 0.6 is 0 Å². The fourth-order valence-electron chi connectivity index (χ4n) is 2.34. The van der Waals surface area contributed by atoms with E-state index in [4.69, 9.17) is 4.74 Å². The van der Waals surface area contributed by atoms with E-state index in [1.165, 1.54) is 19.3 Å². The van der Waals surface area contributed by atoms with Crippen LogP contribution in [0.25, 0.3) is 0 Å². The van der Waals surface area contributed by atoms with Crippen molar-refractivity contribution in [1.82, 2.24) is 10.9 Å². The third-order valence-electron chi connectivity index (χ3n) is 3.68. The molecule has 0 unspecified atom stereocenters. The van der Waals surface area contributed by atoms with Crippen molar-refractivity contribution in [3.05, 3.63) is 29.3 Å².